The second-order valence-corrected chi connectivity index (χ2v) is 4.51. The van der Waals surface area contributed by atoms with Gasteiger partial charge in [-0.25, -0.2) is 0 Å². The van der Waals surface area contributed by atoms with Crippen molar-refractivity contribution in [1.29, 1.82) is 0 Å². The van der Waals surface area contributed by atoms with Crippen molar-refractivity contribution in [3.05, 3.63) is 35.9 Å². The Bertz CT molecular complexity index is 253. The van der Waals surface area contributed by atoms with Crippen LogP contribution in [0.2, 0.25) is 0 Å². The first-order chi connectivity index (χ1) is 7.24. The fraction of sp³-hybridized carbons (Fsp3) is 0.571. The van der Waals surface area contributed by atoms with E-state index in [1.165, 1.54) is 12.0 Å². The maximum Gasteiger partial charge on any atom is 0.0317 e. The molecule has 1 aromatic rings. The van der Waals surface area contributed by atoms with Crippen molar-refractivity contribution < 1.29 is 0 Å². The predicted octanol–water partition coefficient (Wildman–Crippen LogP) is 3.77. The molecule has 0 heterocycles. The van der Waals surface area contributed by atoms with Gasteiger partial charge in [0.25, 0.3) is 0 Å². The SMILES string of the molecule is CCC(NCCC(C)C)c1ccccc1. The van der Waals surface area contributed by atoms with E-state index in [9.17, 15) is 0 Å². The highest BCUT2D eigenvalue weighted by Crippen LogP contribution is 2.15. The van der Waals surface area contributed by atoms with E-state index in [-0.39, 0.29) is 0 Å². The van der Waals surface area contributed by atoms with Gasteiger partial charge in [-0.2, -0.15) is 0 Å². The van der Waals surface area contributed by atoms with E-state index in [1.54, 1.807) is 0 Å². The molecule has 1 heteroatoms. The summed E-state index contributed by atoms with van der Waals surface area (Å²) in [6, 6.07) is 11.2. The normalized spacial score (nSPS) is 13.1. The third-order valence-electron chi connectivity index (χ3n) is 2.72. The molecule has 0 fully saturated rings. The van der Waals surface area contributed by atoms with Gasteiger partial charge in [0.2, 0.25) is 0 Å². The molecular formula is C14H23N. The largest absolute Gasteiger partial charge is 0.310 e. The first kappa shape index (κ1) is 12.3. The average Bonchev–Trinajstić information content (AvgIpc) is 2.25. The van der Waals surface area contributed by atoms with E-state index in [4.69, 9.17) is 0 Å². The lowest BCUT2D eigenvalue weighted by Crippen LogP contribution is -2.22. The summed E-state index contributed by atoms with van der Waals surface area (Å²) < 4.78 is 0. The number of hydrogen-bond acceptors (Lipinski definition) is 1. The van der Waals surface area contributed by atoms with Crippen LogP contribution in [0.3, 0.4) is 0 Å². The topological polar surface area (TPSA) is 12.0 Å². The molecule has 0 saturated heterocycles. The smallest absolute Gasteiger partial charge is 0.0317 e. The van der Waals surface area contributed by atoms with E-state index < -0.39 is 0 Å². The molecule has 0 bridgehead atoms. The molecule has 1 rings (SSSR count). The lowest BCUT2D eigenvalue weighted by atomic mass is 10.0. The molecule has 0 aliphatic heterocycles. The summed E-state index contributed by atoms with van der Waals surface area (Å²) in [6.07, 6.45) is 2.41. The lowest BCUT2D eigenvalue weighted by molar-refractivity contribution is 0.470. The second kappa shape index (κ2) is 6.62. The van der Waals surface area contributed by atoms with Crippen LogP contribution in [0.1, 0.15) is 45.2 Å². The van der Waals surface area contributed by atoms with Gasteiger partial charge in [0.15, 0.2) is 0 Å². The van der Waals surface area contributed by atoms with Crippen molar-refractivity contribution in [2.75, 3.05) is 6.54 Å². The van der Waals surface area contributed by atoms with Crippen molar-refractivity contribution in [2.45, 2.75) is 39.7 Å². The number of rotatable bonds is 6. The Morgan fingerprint density at radius 1 is 1.13 bits per heavy atom. The van der Waals surface area contributed by atoms with Crippen LogP contribution in [0.4, 0.5) is 0 Å². The van der Waals surface area contributed by atoms with E-state index in [0.29, 0.717) is 6.04 Å². The Morgan fingerprint density at radius 2 is 1.80 bits per heavy atom. The molecule has 1 N–H and O–H groups in total. The van der Waals surface area contributed by atoms with Crippen molar-refractivity contribution in [3.63, 3.8) is 0 Å². The Hall–Kier alpha value is -0.820. The van der Waals surface area contributed by atoms with E-state index in [0.717, 1.165) is 18.9 Å². The standard InChI is InChI=1S/C14H23N/c1-4-14(15-11-10-12(2)3)13-8-6-5-7-9-13/h5-9,12,14-15H,4,10-11H2,1-3H3. The van der Waals surface area contributed by atoms with Crippen molar-refractivity contribution in [3.8, 4) is 0 Å². The summed E-state index contributed by atoms with van der Waals surface area (Å²) in [5, 5.41) is 3.62. The van der Waals surface area contributed by atoms with Gasteiger partial charge < -0.3 is 5.32 Å². The van der Waals surface area contributed by atoms with Crippen LogP contribution in [0.5, 0.6) is 0 Å². The van der Waals surface area contributed by atoms with Crippen molar-refractivity contribution >= 4 is 0 Å². The van der Waals surface area contributed by atoms with E-state index >= 15 is 0 Å². The van der Waals surface area contributed by atoms with E-state index in [2.05, 4.69) is 56.4 Å². The Labute approximate surface area is 93.9 Å². The second-order valence-electron chi connectivity index (χ2n) is 4.51. The highest BCUT2D eigenvalue weighted by atomic mass is 14.9. The number of benzene rings is 1. The molecule has 0 aromatic heterocycles. The minimum absolute atomic E-state index is 0.518. The Morgan fingerprint density at radius 3 is 2.33 bits per heavy atom. The zero-order valence-electron chi connectivity index (χ0n) is 10.2. The Kier molecular flexibility index (Phi) is 5.41. The lowest BCUT2D eigenvalue weighted by Gasteiger charge is -2.18. The third-order valence-corrected chi connectivity index (χ3v) is 2.72. The zero-order valence-corrected chi connectivity index (χ0v) is 10.2. The van der Waals surface area contributed by atoms with Gasteiger partial charge in [-0.05, 0) is 30.9 Å². The molecule has 0 radical (unpaired) electrons. The zero-order chi connectivity index (χ0) is 11.1. The molecule has 0 aliphatic rings. The molecule has 0 spiro atoms. The van der Waals surface area contributed by atoms with Crippen LogP contribution in [0, 0.1) is 5.92 Å². The molecule has 0 saturated carbocycles. The molecule has 1 nitrogen and oxygen atoms in total. The molecule has 15 heavy (non-hydrogen) atoms. The summed E-state index contributed by atoms with van der Waals surface area (Å²) >= 11 is 0. The summed E-state index contributed by atoms with van der Waals surface area (Å²) in [5.41, 5.74) is 1.41. The summed E-state index contributed by atoms with van der Waals surface area (Å²) in [7, 11) is 0. The minimum Gasteiger partial charge on any atom is -0.310 e. The average molecular weight is 205 g/mol. The summed E-state index contributed by atoms with van der Waals surface area (Å²) in [4.78, 5) is 0. The first-order valence-electron chi connectivity index (χ1n) is 6.02. The fourth-order valence-electron chi connectivity index (χ4n) is 1.73. The fourth-order valence-corrected chi connectivity index (χ4v) is 1.73. The van der Waals surface area contributed by atoms with Crippen LogP contribution in [-0.2, 0) is 0 Å². The molecule has 1 unspecified atom stereocenters. The highest BCUT2D eigenvalue weighted by molar-refractivity contribution is 5.18. The molecule has 84 valence electrons. The minimum atomic E-state index is 0.518. The summed E-state index contributed by atoms with van der Waals surface area (Å²) in [6.45, 7) is 7.89. The van der Waals surface area contributed by atoms with Crippen LogP contribution in [0.15, 0.2) is 30.3 Å². The van der Waals surface area contributed by atoms with Gasteiger partial charge in [-0.1, -0.05) is 51.1 Å². The summed E-state index contributed by atoms with van der Waals surface area (Å²) in [5.74, 6) is 0.783. The third kappa shape index (κ3) is 4.48. The predicted molar refractivity (Wildman–Crippen MR) is 66.9 cm³/mol. The van der Waals surface area contributed by atoms with Crippen LogP contribution in [0.25, 0.3) is 0 Å². The monoisotopic (exact) mass is 205 g/mol. The van der Waals surface area contributed by atoms with E-state index in [1.807, 2.05) is 0 Å². The van der Waals surface area contributed by atoms with Gasteiger partial charge >= 0.3 is 0 Å². The van der Waals surface area contributed by atoms with Gasteiger partial charge in [-0.3, -0.25) is 0 Å². The molecule has 1 atom stereocenters. The maximum absolute atomic E-state index is 3.62. The molecule has 0 amide bonds. The Balaban J connectivity index is 2.43. The van der Waals surface area contributed by atoms with Crippen LogP contribution >= 0.6 is 0 Å². The maximum atomic E-state index is 3.62. The van der Waals surface area contributed by atoms with Crippen molar-refractivity contribution in [2.24, 2.45) is 5.92 Å². The van der Waals surface area contributed by atoms with Crippen LogP contribution < -0.4 is 5.32 Å². The molecule has 1 aromatic carbocycles. The highest BCUT2D eigenvalue weighted by Gasteiger charge is 2.07. The van der Waals surface area contributed by atoms with Gasteiger partial charge in [-0.15, -0.1) is 0 Å². The number of nitrogens with one attached hydrogen (secondary N) is 1. The quantitative estimate of drug-likeness (QED) is 0.745. The molecular weight excluding hydrogens is 182 g/mol. The van der Waals surface area contributed by atoms with Gasteiger partial charge in [0, 0.05) is 6.04 Å². The molecule has 0 aliphatic carbocycles. The van der Waals surface area contributed by atoms with Crippen LogP contribution in [-0.4, -0.2) is 6.54 Å². The first-order valence-corrected chi connectivity index (χ1v) is 6.02. The van der Waals surface area contributed by atoms with Gasteiger partial charge in [0.1, 0.15) is 0 Å². The van der Waals surface area contributed by atoms with Crippen molar-refractivity contribution in [1.82, 2.24) is 5.32 Å². The van der Waals surface area contributed by atoms with Gasteiger partial charge in [0.05, 0.1) is 0 Å². The number of hydrogen-bond donors (Lipinski definition) is 1.